The van der Waals surface area contributed by atoms with E-state index in [1.165, 1.54) is 4.68 Å². The number of aliphatic hydroxyl groups is 1. The second-order valence-corrected chi connectivity index (χ2v) is 4.00. The van der Waals surface area contributed by atoms with Crippen LogP contribution in [0.5, 0.6) is 0 Å². The lowest BCUT2D eigenvalue weighted by Gasteiger charge is -2.18. The summed E-state index contributed by atoms with van der Waals surface area (Å²) >= 11 is 0. The van der Waals surface area contributed by atoms with E-state index in [1.54, 1.807) is 19.2 Å². The molecule has 0 fully saturated rings. The van der Waals surface area contributed by atoms with Crippen molar-refractivity contribution >= 4 is 5.69 Å². The summed E-state index contributed by atoms with van der Waals surface area (Å²) in [7, 11) is 1.93. The van der Waals surface area contributed by atoms with Gasteiger partial charge < -0.3 is 10.0 Å². The van der Waals surface area contributed by atoms with Crippen LogP contribution < -0.4 is 10.5 Å². The van der Waals surface area contributed by atoms with Gasteiger partial charge in [0.2, 0.25) is 0 Å². The third kappa shape index (κ3) is 3.34. The number of rotatable bonds is 5. The molecule has 16 heavy (non-hydrogen) atoms. The quantitative estimate of drug-likeness (QED) is 0.791. The van der Waals surface area contributed by atoms with Crippen LogP contribution in [0.25, 0.3) is 0 Å². The van der Waals surface area contributed by atoms with Crippen molar-refractivity contribution < 1.29 is 5.11 Å². The molecule has 1 rings (SSSR count). The Morgan fingerprint density at radius 3 is 2.81 bits per heavy atom. The molecule has 0 saturated carbocycles. The van der Waals surface area contributed by atoms with Gasteiger partial charge in [-0.15, -0.1) is 0 Å². The van der Waals surface area contributed by atoms with Crippen molar-refractivity contribution in [1.82, 2.24) is 9.78 Å². The van der Waals surface area contributed by atoms with Crippen LogP contribution in [0.3, 0.4) is 0 Å². The second kappa shape index (κ2) is 5.65. The molecule has 5 heteroatoms. The van der Waals surface area contributed by atoms with Crippen molar-refractivity contribution in [3.63, 3.8) is 0 Å². The lowest BCUT2D eigenvalue weighted by Crippen LogP contribution is -2.29. The maximum atomic E-state index is 11.6. The smallest absolute Gasteiger partial charge is 0.268 e. The normalized spacial score (nSPS) is 12.5. The summed E-state index contributed by atoms with van der Waals surface area (Å²) in [5, 5.41) is 13.2. The predicted octanol–water partition coefficient (Wildman–Crippen LogP) is 0.470. The van der Waals surface area contributed by atoms with E-state index in [0.29, 0.717) is 0 Å². The van der Waals surface area contributed by atoms with Crippen molar-refractivity contribution in [3.8, 4) is 0 Å². The first-order valence-electron chi connectivity index (χ1n) is 5.51. The number of aromatic nitrogens is 2. The van der Waals surface area contributed by atoms with Gasteiger partial charge in [0.15, 0.2) is 0 Å². The Bertz CT molecular complexity index is 387. The molecule has 1 N–H and O–H groups in total. The minimum absolute atomic E-state index is 0.179. The van der Waals surface area contributed by atoms with Crippen LogP contribution in [0.4, 0.5) is 5.69 Å². The maximum Gasteiger partial charge on any atom is 0.268 e. The Morgan fingerprint density at radius 1 is 1.62 bits per heavy atom. The monoisotopic (exact) mass is 225 g/mol. The number of hydrogen-bond donors (Lipinski definition) is 1. The van der Waals surface area contributed by atoms with Crippen molar-refractivity contribution in [1.29, 1.82) is 0 Å². The van der Waals surface area contributed by atoms with Gasteiger partial charge in [0.05, 0.1) is 24.5 Å². The molecule has 0 spiro atoms. The first-order chi connectivity index (χ1) is 7.54. The fourth-order valence-corrected chi connectivity index (χ4v) is 1.48. The van der Waals surface area contributed by atoms with Crippen LogP contribution in [0.2, 0.25) is 0 Å². The first kappa shape index (κ1) is 12.7. The molecule has 1 heterocycles. The highest BCUT2D eigenvalue weighted by molar-refractivity contribution is 5.41. The van der Waals surface area contributed by atoms with E-state index in [1.807, 2.05) is 11.9 Å². The van der Waals surface area contributed by atoms with Crippen LogP contribution in [-0.4, -0.2) is 34.6 Å². The van der Waals surface area contributed by atoms with E-state index in [-0.39, 0.29) is 12.1 Å². The van der Waals surface area contributed by atoms with E-state index < -0.39 is 6.10 Å². The molecule has 0 aromatic carbocycles. The van der Waals surface area contributed by atoms with Crippen LogP contribution in [0.15, 0.2) is 17.1 Å². The minimum atomic E-state index is -0.565. The lowest BCUT2D eigenvalue weighted by molar-refractivity contribution is 0.166. The molecular formula is C11H19N3O2. The molecule has 0 aliphatic heterocycles. The molecule has 1 aromatic rings. The van der Waals surface area contributed by atoms with E-state index >= 15 is 0 Å². The lowest BCUT2D eigenvalue weighted by atomic mass is 10.3. The third-order valence-electron chi connectivity index (χ3n) is 2.29. The molecule has 0 saturated heterocycles. The minimum Gasteiger partial charge on any atom is -0.391 e. The van der Waals surface area contributed by atoms with Gasteiger partial charge in [0.25, 0.3) is 5.56 Å². The highest BCUT2D eigenvalue weighted by Crippen LogP contribution is 2.06. The Balaban J connectivity index is 2.86. The average molecular weight is 225 g/mol. The molecule has 0 radical (unpaired) electrons. The molecule has 0 amide bonds. The van der Waals surface area contributed by atoms with E-state index in [4.69, 9.17) is 0 Å². The number of hydrogen-bond acceptors (Lipinski definition) is 4. The molecular weight excluding hydrogens is 206 g/mol. The first-order valence-corrected chi connectivity index (χ1v) is 5.51. The third-order valence-corrected chi connectivity index (χ3v) is 2.29. The highest BCUT2D eigenvalue weighted by Gasteiger charge is 2.05. The molecule has 5 nitrogen and oxygen atoms in total. The fourth-order valence-electron chi connectivity index (χ4n) is 1.48. The maximum absolute atomic E-state index is 11.6. The van der Waals surface area contributed by atoms with Gasteiger partial charge in [-0.25, -0.2) is 4.68 Å². The van der Waals surface area contributed by atoms with Gasteiger partial charge in [-0.1, -0.05) is 6.92 Å². The standard InChI is InChI=1S/C11H19N3O2/c1-4-5-13(3)10-6-11(16)14(12-7-10)8-9(2)15/h6-7,9,15H,4-5,8H2,1-3H3/t9-/m0/s1. The number of anilines is 1. The van der Waals surface area contributed by atoms with Crippen molar-refractivity contribution in [2.75, 3.05) is 18.5 Å². The summed E-state index contributed by atoms with van der Waals surface area (Å²) in [6.07, 6.45) is 2.11. The van der Waals surface area contributed by atoms with E-state index in [9.17, 15) is 9.90 Å². The summed E-state index contributed by atoms with van der Waals surface area (Å²) < 4.78 is 1.27. The van der Waals surface area contributed by atoms with Gasteiger partial charge in [-0.2, -0.15) is 5.10 Å². The van der Waals surface area contributed by atoms with E-state index in [2.05, 4.69) is 12.0 Å². The Labute approximate surface area is 95.3 Å². The van der Waals surface area contributed by atoms with Gasteiger partial charge >= 0.3 is 0 Å². The van der Waals surface area contributed by atoms with E-state index in [0.717, 1.165) is 18.7 Å². The fraction of sp³-hybridized carbons (Fsp3) is 0.636. The zero-order valence-corrected chi connectivity index (χ0v) is 10.1. The van der Waals surface area contributed by atoms with Crippen LogP contribution in [0, 0.1) is 0 Å². The highest BCUT2D eigenvalue weighted by atomic mass is 16.3. The molecule has 1 atom stereocenters. The van der Waals surface area contributed by atoms with Crippen molar-refractivity contribution in [2.24, 2.45) is 0 Å². The van der Waals surface area contributed by atoms with Gasteiger partial charge in [0, 0.05) is 19.7 Å². The Morgan fingerprint density at radius 2 is 2.31 bits per heavy atom. The van der Waals surface area contributed by atoms with Crippen LogP contribution >= 0.6 is 0 Å². The summed E-state index contributed by atoms with van der Waals surface area (Å²) in [5.41, 5.74) is 0.634. The van der Waals surface area contributed by atoms with Crippen LogP contribution in [-0.2, 0) is 6.54 Å². The van der Waals surface area contributed by atoms with Crippen LogP contribution in [0.1, 0.15) is 20.3 Å². The van der Waals surface area contributed by atoms with Crippen molar-refractivity contribution in [2.45, 2.75) is 32.9 Å². The Kier molecular flexibility index (Phi) is 4.49. The number of nitrogens with zero attached hydrogens (tertiary/aromatic N) is 3. The molecule has 0 aliphatic rings. The van der Waals surface area contributed by atoms with Gasteiger partial charge in [0.1, 0.15) is 0 Å². The zero-order valence-electron chi connectivity index (χ0n) is 10.1. The van der Waals surface area contributed by atoms with Gasteiger partial charge in [-0.3, -0.25) is 4.79 Å². The predicted molar refractivity (Wildman–Crippen MR) is 63.7 cm³/mol. The SMILES string of the molecule is CCCN(C)c1cnn(C[C@H](C)O)c(=O)c1. The topological polar surface area (TPSA) is 58.4 Å². The van der Waals surface area contributed by atoms with Gasteiger partial charge in [-0.05, 0) is 13.3 Å². The average Bonchev–Trinajstić information content (AvgIpc) is 2.20. The largest absolute Gasteiger partial charge is 0.391 e. The van der Waals surface area contributed by atoms with Crippen molar-refractivity contribution in [3.05, 3.63) is 22.6 Å². The molecule has 1 aromatic heterocycles. The number of aliphatic hydroxyl groups excluding tert-OH is 1. The summed E-state index contributed by atoms with van der Waals surface area (Å²) in [4.78, 5) is 13.6. The molecule has 0 unspecified atom stereocenters. The summed E-state index contributed by atoms with van der Waals surface area (Å²) in [6.45, 7) is 4.84. The summed E-state index contributed by atoms with van der Waals surface area (Å²) in [5.74, 6) is 0. The summed E-state index contributed by atoms with van der Waals surface area (Å²) in [6, 6.07) is 1.55. The second-order valence-electron chi connectivity index (χ2n) is 4.00. The molecule has 0 aliphatic carbocycles. The molecule has 90 valence electrons. The molecule has 0 bridgehead atoms. The Hall–Kier alpha value is -1.36. The zero-order chi connectivity index (χ0) is 12.1.